The van der Waals surface area contributed by atoms with Gasteiger partial charge in [-0.05, 0) is 43.3 Å². The molecular weight excluding hydrogens is 392 g/mol. The molecule has 0 fully saturated rings. The molecule has 0 radical (unpaired) electrons. The van der Waals surface area contributed by atoms with Crippen LogP contribution in [-0.2, 0) is 14.8 Å². The third kappa shape index (κ3) is 5.93. The number of amides is 1. The first-order chi connectivity index (χ1) is 12.3. The maximum absolute atomic E-state index is 12.4. The summed E-state index contributed by atoms with van der Waals surface area (Å²) in [6.45, 7) is 2.01. The van der Waals surface area contributed by atoms with Crippen molar-refractivity contribution in [3.63, 3.8) is 0 Å². The molecule has 0 heterocycles. The second kappa shape index (κ2) is 9.30. The van der Waals surface area contributed by atoms with E-state index in [9.17, 15) is 13.2 Å². The van der Waals surface area contributed by atoms with Crippen molar-refractivity contribution in [1.82, 2.24) is 5.32 Å². The van der Waals surface area contributed by atoms with E-state index in [-0.39, 0.29) is 5.91 Å². The summed E-state index contributed by atoms with van der Waals surface area (Å²) in [5.41, 5.74) is 0.401. The Morgan fingerprint density at radius 2 is 1.77 bits per heavy atom. The molecule has 0 saturated heterocycles. The molecule has 0 aromatic heterocycles. The second-order valence-electron chi connectivity index (χ2n) is 5.66. The fraction of sp³-hybridized carbons (Fsp3) is 0.278. The van der Waals surface area contributed by atoms with E-state index >= 15 is 0 Å². The normalized spacial score (nSPS) is 12.4. The molecule has 1 N–H and O–H groups in total. The number of carbonyl (C=O) groups is 1. The van der Waals surface area contributed by atoms with Crippen LogP contribution in [0.2, 0.25) is 5.02 Å². The highest BCUT2D eigenvalue weighted by atomic mass is 35.5. The number of anilines is 1. The first kappa shape index (κ1) is 20.6. The molecule has 0 saturated carbocycles. The fourth-order valence-electron chi connectivity index (χ4n) is 2.40. The summed E-state index contributed by atoms with van der Waals surface area (Å²) >= 11 is 7.48. The van der Waals surface area contributed by atoms with Crippen molar-refractivity contribution in [2.75, 3.05) is 22.9 Å². The van der Waals surface area contributed by atoms with Crippen LogP contribution in [-0.4, -0.2) is 38.9 Å². The van der Waals surface area contributed by atoms with Crippen LogP contribution >= 0.6 is 23.4 Å². The molecule has 0 aliphatic heterocycles. The zero-order valence-corrected chi connectivity index (χ0v) is 16.9. The van der Waals surface area contributed by atoms with Crippen LogP contribution in [0, 0.1) is 0 Å². The highest BCUT2D eigenvalue weighted by molar-refractivity contribution is 7.99. The molecule has 0 aliphatic carbocycles. The molecule has 8 heteroatoms. The number of hydrogen-bond acceptors (Lipinski definition) is 4. The molecule has 1 amide bonds. The van der Waals surface area contributed by atoms with Gasteiger partial charge in [-0.3, -0.25) is 9.10 Å². The third-order valence-corrected chi connectivity index (χ3v) is 6.09. The van der Waals surface area contributed by atoms with Gasteiger partial charge in [-0.2, -0.15) is 0 Å². The molecule has 5 nitrogen and oxygen atoms in total. The van der Waals surface area contributed by atoms with Crippen LogP contribution in [0.5, 0.6) is 0 Å². The van der Waals surface area contributed by atoms with Crippen molar-refractivity contribution in [1.29, 1.82) is 0 Å². The van der Waals surface area contributed by atoms with E-state index in [0.29, 0.717) is 23.0 Å². The minimum Gasteiger partial charge on any atom is -0.353 e. The van der Waals surface area contributed by atoms with Crippen molar-refractivity contribution in [3.8, 4) is 0 Å². The highest BCUT2D eigenvalue weighted by Gasteiger charge is 2.28. The molecule has 0 spiro atoms. The van der Waals surface area contributed by atoms with Crippen molar-refractivity contribution < 1.29 is 13.2 Å². The van der Waals surface area contributed by atoms with Gasteiger partial charge in [0.1, 0.15) is 6.04 Å². The second-order valence-corrected chi connectivity index (χ2v) is 9.13. The molecule has 2 rings (SSSR count). The molecule has 26 heavy (non-hydrogen) atoms. The van der Waals surface area contributed by atoms with Gasteiger partial charge in [0.2, 0.25) is 15.9 Å². The number of benzene rings is 2. The lowest BCUT2D eigenvalue weighted by Crippen LogP contribution is -2.48. The van der Waals surface area contributed by atoms with Crippen molar-refractivity contribution in [2.45, 2.75) is 17.9 Å². The summed E-state index contributed by atoms with van der Waals surface area (Å²) in [4.78, 5) is 13.5. The lowest BCUT2D eigenvalue weighted by Gasteiger charge is -2.28. The maximum Gasteiger partial charge on any atom is 0.243 e. The van der Waals surface area contributed by atoms with Crippen molar-refractivity contribution >= 4 is 45.0 Å². The summed E-state index contributed by atoms with van der Waals surface area (Å²) in [5.74, 6) is 0.349. The Hall–Kier alpha value is -1.70. The molecule has 140 valence electrons. The number of hydrogen-bond donors (Lipinski definition) is 1. The predicted octanol–water partition coefficient (Wildman–Crippen LogP) is 3.40. The summed E-state index contributed by atoms with van der Waals surface area (Å²) in [5, 5.41) is 3.29. The van der Waals surface area contributed by atoms with Crippen LogP contribution in [0.1, 0.15) is 6.92 Å². The van der Waals surface area contributed by atoms with Gasteiger partial charge >= 0.3 is 0 Å². The number of thioether (sulfide) groups is 1. The van der Waals surface area contributed by atoms with E-state index in [2.05, 4.69) is 5.32 Å². The molecule has 0 bridgehead atoms. The Labute approximate surface area is 163 Å². The lowest BCUT2D eigenvalue weighted by molar-refractivity contribution is -0.121. The van der Waals surface area contributed by atoms with Gasteiger partial charge in [-0.25, -0.2) is 8.42 Å². The standard InChI is InChI=1S/C18H21ClN2O3S2/c1-14(18(22)20-12-13-25-17-6-4-3-5-7-17)21(26(2,23)24)16-10-8-15(19)9-11-16/h3-11,14H,12-13H2,1-2H3,(H,20,22)/t14-/m0/s1. The van der Waals surface area contributed by atoms with Crippen LogP contribution in [0.15, 0.2) is 59.5 Å². The molecule has 2 aromatic rings. The van der Waals surface area contributed by atoms with Gasteiger partial charge in [-0.15, -0.1) is 11.8 Å². The number of rotatable bonds is 8. The van der Waals surface area contributed by atoms with E-state index in [1.165, 1.54) is 0 Å². The summed E-state index contributed by atoms with van der Waals surface area (Å²) in [6.07, 6.45) is 1.08. The smallest absolute Gasteiger partial charge is 0.243 e. The maximum atomic E-state index is 12.4. The Morgan fingerprint density at radius 3 is 2.35 bits per heavy atom. The van der Waals surface area contributed by atoms with Gasteiger partial charge < -0.3 is 5.32 Å². The number of carbonyl (C=O) groups excluding carboxylic acids is 1. The highest BCUT2D eigenvalue weighted by Crippen LogP contribution is 2.23. The van der Waals surface area contributed by atoms with Gasteiger partial charge in [0.15, 0.2) is 0 Å². The van der Waals surface area contributed by atoms with Crippen molar-refractivity contribution in [3.05, 3.63) is 59.6 Å². The van der Waals surface area contributed by atoms with Crippen molar-refractivity contribution in [2.24, 2.45) is 0 Å². The zero-order chi connectivity index (χ0) is 19.2. The average Bonchev–Trinajstić information content (AvgIpc) is 2.60. The average molecular weight is 413 g/mol. The van der Waals surface area contributed by atoms with E-state index in [1.54, 1.807) is 43.0 Å². The van der Waals surface area contributed by atoms with E-state index in [0.717, 1.165) is 15.5 Å². The van der Waals surface area contributed by atoms with Crippen LogP contribution in [0.25, 0.3) is 0 Å². The fourth-order valence-corrected chi connectivity index (χ4v) is 4.49. The van der Waals surface area contributed by atoms with Gasteiger partial charge in [0.05, 0.1) is 11.9 Å². The summed E-state index contributed by atoms with van der Waals surface area (Å²) in [6, 6.07) is 15.3. The van der Waals surface area contributed by atoms with Crippen LogP contribution in [0.4, 0.5) is 5.69 Å². The number of sulfonamides is 1. The third-order valence-electron chi connectivity index (χ3n) is 3.58. The molecule has 0 unspecified atom stereocenters. The van der Waals surface area contributed by atoms with Gasteiger partial charge in [-0.1, -0.05) is 29.8 Å². The van der Waals surface area contributed by atoms with Gasteiger partial charge in [0.25, 0.3) is 0 Å². The Kier molecular flexibility index (Phi) is 7.37. The first-order valence-electron chi connectivity index (χ1n) is 7.99. The Bertz CT molecular complexity index is 827. The molecule has 0 aliphatic rings. The zero-order valence-electron chi connectivity index (χ0n) is 14.6. The lowest BCUT2D eigenvalue weighted by atomic mass is 10.2. The van der Waals surface area contributed by atoms with Gasteiger partial charge in [0, 0.05) is 22.2 Å². The molecule has 1 atom stereocenters. The Morgan fingerprint density at radius 1 is 1.15 bits per heavy atom. The number of nitrogens with one attached hydrogen (secondary N) is 1. The SMILES string of the molecule is C[C@@H](C(=O)NCCSc1ccccc1)N(c1ccc(Cl)cc1)S(C)(=O)=O. The molecule has 2 aromatic carbocycles. The van der Waals surface area contributed by atoms with E-state index in [4.69, 9.17) is 11.6 Å². The summed E-state index contributed by atoms with van der Waals surface area (Å²) in [7, 11) is -3.62. The molecular formula is C18H21ClN2O3S2. The quantitative estimate of drug-likeness (QED) is 0.533. The number of halogens is 1. The first-order valence-corrected chi connectivity index (χ1v) is 11.2. The minimum atomic E-state index is -3.62. The minimum absolute atomic E-state index is 0.348. The predicted molar refractivity (Wildman–Crippen MR) is 108 cm³/mol. The van der Waals surface area contributed by atoms with Crippen LogP contribution < -0.4 is 9.62 Å². The largest absolute Gasteiger partial charge is 0.353 e. The Balaban J connectivity index is 1.98. The summed E-state index contributed by atoms with van der Waals surface area (Å²) < 4.78 is 25.5. The van der Waals surface area contributed by atoms with E-state index < -0.39 is 16.1 Å². The topological polar surface area (TPSA) is 66.5 Å². The number of nitrogens with zero attached hydrogens (tertiary/aromatic N) is 1. The van der Waals surface area contributed by atoms with E-state index in [1.807, 2.05) is 30.3 Å². The van der Waals surface area contributed by atoms with Crippen LogP contribution in [0.3, 0.4) is 0 Å². The monoisotopic (exact) mass is 412 g/mol.